The summed E-state index contributed by atoms with van der Waals surface area (Å²) >= 11 is 3.71. The van der Waals surface area contributed by atoms with Gasteiger partial charge in [-0.15, -0.1) is 0 Å². The first-order chi connectivity index (χ1) is 18.4. The van der Waals surface area contributed by atoms with Crippen LogP contribution in [0.25, 0.3) is 11.3 Å². The zero-order chi connectivity index (χ0) is 26.5. The zero-order valence-electron chi connectivity index (χ0n) is 22.4. The lowest BCUT2D eigenvalue weighted by atomic mass is 10.0. The van der Waals surface area contributed by atoms with Gasteiger partial charge < -0.3 is 19.8 Å². The number of hydrogen-bond acceptors (Lipinski definition) is 5. The Hall–Kier alpha value is -2.61. The van der Waals surface area contributed by atoms with E-state index in [0.29, 0.717) is 11.9 Å². The summed E-state index contributed by atoms with van der Waals surface area (Å²) in [5, 5.41) is 6.60. The minimum Gasteiger partial charge on any atom is -0.489 e. The maximum Gasteiger partial charge on any atom is 0.227 e. The number of halogens is 1. The lowest BCUT2D eigenvalue weighted by Crippen LogP contribution is -2.44. The average molecular weight is 581 g/mol. The molecule has 2 aliphatic heterocycles. The van der Waals surface area contributed by atoms with E-state index in [2.05, 4.69) is 81.7 Å². The fraction of sp³-hybridized carbons (Fsp3) is 0.452. The molecule has 0 atom stereocenters. The molecule has 0 bridgehead atoms. The summed E-state index contributed by atoms with van der Waals surface area (Å²) in [4.78, 5) is 15.2. The predicted octanol–water partition coefficient (Wildman–Crippen LogP) is 5.78. The van der Waals surface area contributed by atoms with Gasteiger partial charge in [-0.1, -0.05) is 23.8 Å². The van der Waals surface area contributed by atoms with Crippen LogP contribution in [0.2, 0.25) is 0 Å². The van der Waals surface area contributed by atoms with E-state index in [-0.39, 0.29) is 18.4 Å². The smallest absolute Gasteiger partial charge is 0.227 e. The standard InChI is InChI=1S/C31H38BrN3O3/c1-21-3-4-22(2)27(17-21)29-8-6-26(38-29)19-31(36)34-24-11-15-35(16-12-24)20-23-5-7-30(28(32)18-23)37-25-9-13-33-14-10-25/h3-8,17-18,24-25,33H,9-16,19-20H2,1-2H3,(H,34,36). The molecular weight excluding hydrogens is 542 g/mol. The van der Waals surface area contributed by atoms with Gasteiger partial charge in [-0.2, -0.15) is 0 Å². The molecular formula is C31H38BrN3O3. The third kappa shape index (κ3) is 7.07. The molecule has 2 aliphatic rings. The number of carbonyl (C=O) groups excluding carboxylic acids is 1. The number of piperidine rings is 2. The maximum atomic E-state index is 12.7. The average Bonchev–Trinajstić information content (AvgIpc) is 3.37. The van der Waals surface area contributed by atoms with Crippen molar-refractivity contribution in [3.63, 3.8) is 0 Å². The highest BCUT2D eigenvalue weighted by atomic mass is 79.9. The van der Waals surface area contributed by atoms with Crippen LogP contribution in [0.5, 0.6) is 5.75 Å². The molecule has 5 rings (SSSR count). The van der Waals surface area contributed by atoms with Gasteiger partial charge in [0.25, 0.3) is 0 Å². The molecule has 2 aromatic carbocycles. The summed E-state index contributed by atoms with van der Waals surface area (Å²) < 4.78 is 13.3. The van der Waals surface area contributed by atoms with Crippen LogP contribution in [0.4, 0.5) is 0 Å². The van der Waals surface area contributed by atoms with Crippen molar-refractivity contribution in [3.8, 4) is 17.1 Å². The molecule has 3 aromatic rings. The van der Waals surface area contributed by atoms with Gasteiger partial charge in [0.1, 0.15) is 23.4 Å². The van der Waals surface area contributed by atoms with Gasteiger partial charge in [0.15, 0.2) is 0 Å². The second-order valence-electron chi connectivity index (χ2n) is 10.7. The van der Waals surface area contributed by atoms with E-state index >= 15 is 0 Å². The van der Waals surface area contributed by atoms with Crippen molar-refractivity contribution in [1.82, 2.24) is 15.5 Å². The second kappa shape index (κ2) is 12.5. The number of nitrogens with one attached hydrogen (secondary N) is 2. The van der Waals surface area contributed by atoms with Gasteiger partial charge in [0.2, 0.25) is 5.91 Å². The Morgan fingerprint density at radius 3 is 2.61 bits per heavy atom. The van der Waals surface area contributed by atoms with Crippen molar-refractivity contribution in [3.05, 3.63) is 75.5 Å². The number of nitrogens with zero attached hydrogens (tertiary/aromatic N) is 1. The van der Waals surface area contributed by atoms with Gasteiger partial charge in [0, 0.05) is 31.2 Å². The fourth-order valence-electron chi connectivity index (χ4n) is 5.38. The van der Waals surface area contributed by atoms with Crippen LogP contribution < -0.4 is 15.4 Å². The van der Waals surface area contributed by atoms with Crippen molar-refractivity contribution in [2.24, 2.45) is 0 Å². The zero-order valence-corrected chi connectivity index (χ0v) is 24.0. The van der Waals surface area contributed by atoms with Crippen LogP contribution in [-0.4, -0.2) is 49.1 Å². The summed E-state index contributed by atoms with van der Waals surface area (Å²) in [7, 11) is 0. The van der Waals surface area contributed by atoms with E-state index in [1.165, 1.54) is 16.7 Å². The number of amides is 1. The molecule has 1 amide bonds. The molecule has 0 radical (unpaired) electrons. The highest BCUT2D eigenvalue weighted by Gasteiger charge is 2.22. The summed E-state index contributed by atoms with van der Waals surface area (Å²) in [5.74, 6) is 2.48. The van der Waals surface area contributed by atoms with Crippen LogP contribution in [0, 0.1) is 13.8 Å². The number of rotatable bonds is 8. The Morgan fingerprint density at radius 1 is 1.05 bits per heavy atom. The molecule has 0 unspecified atom stereocenters. The van der Waals surface area contributed by atoms with Crippen molar-refractivity contribution < 1.29 is 13.9 Å². The van der Waals surface area contributed by atoms with Gasteiger partial charge in [-0.25, -0.2) is 0 Å². The van der Waals surface area contributed by atoms with E-state index in [1.54, 1.807) is 0 Å². The normalized spacial score (nSPS) is 17.4. The largest absolute Gasteiger partial charge is 0.489 e. The van der Waals surface area contributed by atoms with Crippen molar-refractivity contribution in [2.45, 2.75) is 64.6 Å². The number of likely N-dealkylation sites (tertiary alicyclic amines) is 1. The Bertz CT molecular complexity index is 1240. The lowest BCUT2D eigenvalue weighted by Gasteiger charge is -2.32. The number of benzene rings is 2. The Morgan fingerprint density at radius 2 is 1.84 bits per heavy atom. The van der Waals surface area contributed by atoms with Crippen LogP contribution in [-0.2, 0) is 17.8 Å². The number of carbonyl (C=O) groups is 1. The highest BCUT2D eigenvalue weighted by molar-refractivity contribution is 9.10. The summed E-state index contributed by atoms with van der Waals surface area (Å²) in [6.45, 7) is 9.03. The van der Waals surface area contributed by atoms with E-state index in [1.807, 2.05) is 12.1 Å². The predicted molar refractivity (Wildman–Crippen MR) is 154 cm³/mol. The van der Waals surface area contributed by atoms with Crippen molar-refractivity contribution in [2.75, 3.05) is 26.2 Å². The fourth-order valence-corrected chi connectivity index (χ4v) is 5.90. The minimum atomic E-state index is 0.0265. The lowest BCUT2D eigenvalue weighted by molar-refractivity contribution is -0.121. The molecule has 3 heterocycles. The summed E-state index contributed by atoms with van der Waals surface area (Å²) in [5.41, 5.74) is 4.72. The van der Waals surface area contributed by atoms with Crippen LogP contribution in [0.15, 0.2) is 57.4 Å². The Balaban J connectivity index is 1.07. The van der Waals surface area contributed by atoms with Gasteiger partial charge in [-0.3, -0.25) is 9.69 Å². The first-order valence-electron chi connectivity index (χ1n) is 13.8. The van der Waals surface area contributed by atoms with Gasteiger partial charge in [-0.05, 0) is 110 Å². The molecule has 1 aromatic heterocycles. The van der Waals surface area contributed by atoms with E-state index < -0.39 is 0 Å². The van der Waals surface area contributed by atoms with Crippen molar-refractivity contribution in [1.29, 1.82) is 0 Å². The minimum absolute atomic E-state index is 0.0265. The van der Waals surface area contributed by atoms with E-state index in [0.717, 1.165) is 80.0 Å². The molecule has 2 N–H and O–H groups in total. The molecule has 7 heteroatoms. The number of ether oxygens (including phenoxy) is 1. The molecule has 0 aliphatic carbocycles. The molecule has 202 valence electrons. The molecule has 6 nitrogen and oxygen atoms in total. The topological polar surface area (TPSA) is 66.7 Å². The van der Waals surface area contributed by atoms with E-state index in [9.17, 15) is 4.79 Å². The third-order valence-electron chi connectivity index (χ3n) is 7.59. The summed E-state index contributed by atoms with van der Waals surface area (Å²) in [6.07, 6.45) is 4.57. The van der Waals surface area contributed by atoms with Gasteiger partial charge >= 0.3 is 0 Å². The molecule has 2 fully saturated rings. The van der Waals surface area contributed by atoms with Crippen LogP contribution in [0.3, 0.4) is 0 Å². The molecule has 2 saturated heterocycles. The molecule has 0 spiro atoms. The Kier molecular flexibility index (Phi) is 8.87. The van der Waals surface area contributed by atoms with Gasteiger partial charge in [0.05, 0.1) is 10.9 Å². The van der Waals surface area contributed by atoms with Crippen molar-refractivity contribution >= 4 is 21.8 Å². The van der Waals surface area contributed by atoms with Crippen LogP contribution in [0.1, 0.15) is 48.1 Å². The SMILES string of the molecule is Cc1ccc(C)c(-c2ccc(CC(=O)NC3CCN(Cc4ccc(OC5CCNCC5)c(Br)c4)CC3)o2)c1. The number of aryl methyl sites for hydroxylation is 2. The monoisotopic (exact) mass is 579 g/mol. The highest BCUT2D eigenvalue weighted by Crippen LogP contribution is 2.30. The summed E-state index contributed by atoms with van der Waals surface area (Å²) in [6, 6.07) is 16.9. The quantitative estimate of drug-likeness (QED) is 0.354. The number of furan rings is 1. The Labute approximate surface area is 234 Å². The molecule has 38 heavy (non-hydrogen) atoms. The number of hydrogen-bond donors (Lipinski definition) is 2. The maximum absolute atomic E-state index is 12.7. The van der Waals surface area contributed by atoms with Crippen LogP contribution >= 0.6 is 15.9 Å². The first-order valence-corrected chi connectivity index (χ1v) is 14.6. The third-order valence-corrected chi connectivity index (χ3v) is 8.21. The second-order valence-corrected chi connectivity index (χ2v) is 11.6. The van der Waals surface area contributed by atoms with E-state index in [4.69, 9.17) is 9.15 Å². The first kappa shape index (κ1) is 27.0. The molecule has 0 saturated carbocycles.